The molecule has 4 aromatic carbocycles. The molecule has 124 valence electrons. The molecule has 1 unspecified atom stereocenters. The lowest BCUT2D eigenvalue weighted by atomic mass is 10.2. The van der Waals surface area contributed by atoms with E-state index in [0.29, 0.717) is 8.58 Å². The topological polar surface area (TPSA) is 4.93 Å². The Morgan fingerprint density at radius 1 is 0.462 bits per heavy atom. The number of fused-ring (bicyclic) bond motifs is 3. The van der Waals surface area contributed by atoms with Crippen LogP contribution in [0.1, 0.15) is 0 Å². The van der Waals surface area contributed by atoms with Crippen LogP contribution in [0.25, 0.3) is 27.5 Å². The lowest BCUT2D eigenvalue weighted by Crippen LogP contribution is -2.03. The average molecular weight is 351 g/mol. The number of hydrogen-bond donors (Lipinski definition) is 0. The van der Waals surface area contributed by atoms with Gasteiger partial charge in [-0.25, -0.2) is 0 Å². The van der Waals surface area contributed by atoms with Gasteiger partial charge in [-0.15, -0.1) is 0 Å². The predicted octanol–water partition coefficient (Wildman–Crippen LogP) is 5.41. The number of nitrogens with zero attached hydrogens (tertiary/aromatic N) is 1. The van der Waals surface area contributed by atoms with Crippen LogP contribution in [0.5, 0.6) is 0 Å². The third kappa shape index (κ3) is 2.62. The quantitative estimate of drug-likeness (QED) is 0.383. The van der Waals surface area contributed by atoms with Crippen molar-refractivity contribution in [3.63, 3.8) is 0 Å². The van der Waals surface area contributed by atoms with Crippen LogP contribution in [-0.4, -0.2) is 4.57 Å². The van der Waals surface area contributed by atoms with Gasteiger partial charge in [-0.1, -0.05) is 87.4 Å². The zero-order valence-corrected chi connectivity index (χ0v) is 15.3. The van der Waals surface area contributed by atoms with Gasteiger partial charge >= 0.3 is 0 Å². The Bertz CT molecular complexity index is 1130. The fourth-order valence-corrected chi connectivity index (χ4v) is 4.61. The Morgan fingerprint density at radius 3 is 1.58 bits per heavy atom. The number of benzene rings is 4. The maximum absolute atomic E-state index is 2.36. The largest absolute Gasteiger partial charge is 0.309 e. The Labute approximate surface area is 154 Å². The molecule has 0 N–H and O–H groups in total. The van der Waals surface area contributed by atoms with E-state index in [9.17, 15) is 0 Å². The van der Waals surface area contributed by atoms with Gasteiger partial charge in [-0.2, -0.15) is 0 Å². The molecule has 0 radical (unpaired) electrons. The molecule has 0 bridgehead atoms. The molecule has 1 heterocycles. The molecule has 0 spiro atoms. The number of para-hydroxylation sites is 2. The molecular formula is C24H18NP. The van der Waals surface area contributed by atoms with E-state index < -0.39 is 0 Å². The van der Waals surface area contributed by atoms with Gasteiger partial charge in [0.2, 0.25) is 0 Å². The first-order chi connectivity index (χ1) is 12.9. The van der Waals surface area contributed by atoms with E-state index in [1.54, 1.807) is 0 Å². The average Bonchev–Trinajstić information content (AvgIpc) is 3.04. The molecule has 0 aliphatic rings. The van der Waals surface area contributed by atoms with Crippen molar-refractivity contribution in [2.75, 3.05) is 0 Å². The van der Waals surface area contributed by atoms with E-state index in [0.717, 1.165) is 0 Å². The molecule has 0 saturated carbocycles. The van der Waals surface area contributed by atoms with Gasteiger partial charge < -0.3 is 4.57 Å². The molecule has 1 aromatic heterocycles. The predicted molar refractivity (Wildman–Crippen MR) is 115 cm³/mol. The SMILES string of the molecule is c1ccc(Pc2ccc(-n3c4ccccc4c4ccccc43)cc2)cc1. The highest BCUT2D eigenvalue weighted by Gasteiger charge is 2.11. The minimum atomic E-state index is 0.692. The zero-order chi connectivity index (χ0) is 17.3. The highest BCUT2D eigenvalue weighted by Crippen LogP contribution is 2.31. The summed E-state index contributed by atoms with van der Waals surface area (Å²) in [6.07, 6.45) is 0. The normalized spacial score (nSPS) is 11.7. The molecule has 1 atom stereocenters. The first-order valence-corrected chi connectivity index (χ1v) is 9.81. The minimum Gasteiger partial charge on any atom is -0.309 e. The Hall–Kier alpha value is -2.89. The van der Waals surface area contributed by atoms with Gasteiger partial charge in [0.25, 0.3) is 0 Å². The third-order valence-corrected chi connectivity index (χ3v) is 6.01. The van der Waals surface area contributed by atoms with Gasteiger partial charge in [-0.05, 0) is 34.9 Å². The molecule has 2 heteroatoms. The maximum Gasteiger partial charge on any atom is 0.0541 e. The van der Waals surface area contributed by atoms with Crippen LogP contribution in [0.2, 0.25) is 0 Å². The molecule has 5 rings (SSSR count). The summed E-state index contributed by atoms with van der Waals surface area (Å²) in [5.41, 5.74) is 3.72. The van der Waals surface area contributed by atoms with Crippen molar-refractivity contribution in [1.29, 1.82) is 0 Å². The number of hydrogen-bond acceptors (Lipinski definition) is 0. The van der Waals surface area contributed by atoms with Crippen LogP contribution >= 0.6 is 8.58 Å². The summed E-state index contributed by atoms with van der Waals surface area (Å²) in [5.74, 6) is 0. The van der Waals surface area contributed by atoms with Crippen molar-refractivity contribution < 1.29 is 0 Å². The Kier molecular flexibility index (Phi) is 3.81. The number of aromatic nitrogens is 1. The standard InChI is InChI=1S/C24H18NP/c1-2-8-19(9-3-1)26-20-16-14-18(15-17-20)25-23-12-6-4-10-21(23)22-11-5-7-13-24(22)25/h1-17,26H. The van der Waals surface area contributed by atoms with Crippen LogP contribution in [-0.2, 0) is 0 Å². The van der Waals surface area contributed by atoms with Crippen LogP contribution in [0.4, 0.5) is 0 Å². The molecular weight excluding hydrogens is 333 g/mol. The molecule has 26 heavy (non-hydrogen) atoms. The highest BCUT2D eigenvalue weighted by atomic mass is 31.1. The minimum absolute atomic E-state index is 0.692. The molecule has 0 amide bonds. The molecule has 1 nitrogen and oxygen atoms in total. The fraction of sp³-hybridized carbons (Fsp3) is 0. The van der Waals surface area contributed by atoms with Crippen LogP contribution in [0.15, 0.2) is 103 Å². The fourth-order valence-electron chi connectivity index (χ4n) is 3.58. The summed E-state index contributed by atoms with van der Waals surface area (Å²) < 4.78 is 2.36. The first kappa shape index (κ1) is 15.4. The monoisotopic (exact) mass is 351 g/mol. The first-order valence-electron chi connectivity index (χ1n) is 8.81. The van der Waals surface area contributed by atoms with E-state index in [-0.39, 0.29) is 0 Å². The van der Waals surface area contributed by atoms with E-state index in [4.69, 9.17) is 0 Å². The summed E-state index contributed by atoms with van der Waals surface area (Å²) in [6.45, 7) is 0. The molecule has 0 saturated heterocycles. The highest BCUT2D eigenvalue weighted by molar-refractivity contribution is 7.55. The van der Waals surface area contributed by atoms with Crippen LogP contribution in [0, 0.1) is 0 Å². The molecule has 0 aliphatic carbocycles. The van der Waals surface area contributed by atoms with Crippen LogP contribution in [0.3, 0.4) is 0 Å². The summed E-state index contributed by atoms with van der Waals surface area (Å²) in [5, 5.41) is 5.34. The Morgan fingerprint density at radius 2 is 0.962 bits per heavy atom. The van der Waals surface area contributed by atoms with Crippen LogP contribution < -0.4 is 10.6 Å². The van der Waals surface area contributed by atoms with E-state index in [2.05, 4.69) is 108 Å². The van der Waals surface area contributed by atoms with Crippen molar-refractivity contribution >= 4 is 41.0 Å². The van der Waals surface area contributed by atoms with Crippen molar-refractivity contribution in [3.8, 4) is 5.69 Å². The van der Waals surface area contributed by atoms with Gasteiger partial charge in [0, 0.05) is 16.5 Å². The smallest absolute Gasteiger partial charge is 0.0541 e. The second-order valence-electron chi connectivity index (χ2n) is 6.41. The third-order valence-electron chi connectivity index (χ3n) is 4.77. The van der Waals surface area contributed by atoms with Crippen molar-refractivity contribution in [2.45, 2.75) is 0 Å². The summed E-state index contributed by atoms with van der Waals surface area (Å²) in [7, 11) is 0.692. The summed E-state index contributed by atoms with van der Waals surface area (Å²) in [4.78, 5) is 0. The van der Waals surface area contributed by atoms with Crippen molar-refractivity contribution in [3.05, 3.63) is 103 Å². The lowest BCUT2D eigenvalue weighted by Gasteiger charge is -2.09. The maximum atomic E-state index is 2.36. The lowest BCUT2D eigenvalue weighted by molar-refractivity contribution is 1.18. The second-order valence-corrected chi connectivity index (χ2v) is 7.81. The number of rotatable bonds is 3. The second kappa shape index (κ2) is 6.44. The summed E-state index contributed by atoms with van der Waals surface area (Å²) in [6, 6.07) is 36.9. The molecule has 0 aliphatic heterocycles. The van der Waals surface area contributed by atoms with E-state index in [1.165, 1.54) is 38.1 Å². The van der Waals surface area contributed by atoms with Gasteiger partial charge in [0.1, 0.15) is 0 Å². The van der Waals surface area contributed by atoms with E-state index in [1.807, 2.05) is 0 Å². The van der Waals surface area contributed by atoms with E-state index >= 15 is 0 Å². The molecule has 0 fully saturated rings. The summed E-state index contributed by atoms with van der Waals surface area (Å²) >= 11 is 0. The van der Waals surface area contributed by atoms with Gasteiger partial charge in [-0.3, -0.25) is 0 Å². The Balaban J connectivity index is 1.61. The van der Waals surface area contributed by atoms with Gasteiger partial charge in [0.05, 0.1) is 11.0 Å². The zero-order valence-electron chi connectivity index (χ0n) is 14.3. The molecule has 5 aromatic rings. The van der Waals surface area contributed by atoms with Crippen molar-refractivity contribution in [1.82, 2.24) is 4.57 Å². The van der Waals surface area contributed by atoms with Gasteiger partial charge in [0.15, 0.2) is 0 Å². The van der Waals surface area contributed by atoms with Crippen molar-refractivity contribution in [2.24, 2.45) is 0 Å².